The lowest BCUT2D eigenvalue weighted by molar-refractivity contribution is -0.140. The fourth-order valence-corrected chi connectivity index (χ4v) is 3.06. The van der Waals surface area contributed by atoms with E-state index in [0.717, 1.165) is 0 Å². The van der Waals surface area contributed by atoms with E-state index in [1.165, 1.54) is 24.3 Å². The Bertz CT molecular complexity index is 568. The maximum atomic E-state index is 12.2. The van der Waals surface area contributed by atoms with Crippen molar-refractivity contribution in [1.29, 1.82) is 0 Å². The number of sulfonamides is 1. The zero-order valence-corrected chi connectivity index (χ0v) is 13.2. The molecular formula is C14H21NO5S. The summed E-state index contributed by atoms with van der Waals surface area (Å²) in [7, 11) is -3.88. The number of hydrogen-bond acceptors (Lipinski definition) is 4. The predicted molar refractivity (Wildman–Crippen MR) is 78.8 cm³/mol. The van der Waals surface area contributed by atoms with Gasteiger partial charge in [-0.05, 0) is 37.1 Å². The van der Waals surface area contributed by atoms with Gasteiger partial charge in [-0.2, -0.15) is 4.72 Å². The second-order valence-electron chi connectivity index (χ2n) is 4.73. The first-order chi connectivity index (χ1) is 9.81. The van der Waals surface area contributed by atoms with Crippen molar-refractivity contribution in [3.63, 3.8) is 0 Å². The third-order valence-electron chi connectivity index (χ3n) is 3.21. The molecule has 0 aliphatic rings. The van der Waals surface area contributed by atoms with Crippen molar-refractivity contribution < 1.29 is 23.1 Å². The lowest BCUT2D eigenvalue weighted by Gasteiger charge is -2.20. The number of hydrogen-bond donors (Lipinski definition) is 2. The van der Waals surface area contributed by atoms with Crippen LogP contribution in [0.2, 0.25) is 0 Å². The molecule has 0 spiro atoms. The molecule has 118 valence electrons. The van der Waals surface area contributed by atoms with Crippen LogP contribution in [0, 0.1) is 5.92 Å². The second-order valence-corrected chi connectivity index (χ2v) is 6.44. The Morgan fingerprint density at radius 3 is 2.29 bits per heavy atom. The van der Waals surface area contributed by atoms with Gasteiger partial charge in [-0.3, -0.25) is 4.79 Å². The summed E-state index contributed by atoms with van der Waals surface area (Å²) < 4.78 is 31.9. The molecule has 0 aromatic heterocycles. The summed E-state index contributed by atoms with van der Waals surface area (Å²) >= 11 is 0. The van der Waals surface area contributed by atoms with Gasteiger partial charge in [0.25, 0.3) is 0 Å². The molecule has 0 heterocycles. The van der Waals surface area contributed by atoms with Crippen LogP contribution in [0.3, 0.4) is 0 Å². The molecule has 7 heteroatoms. The Hall–Kier alpha value is -1.60. The number of nitrogens with one attached hydrogen (secondary N) is 1. The van der Waals surface area contributed by atoms with E-state index < -0.39 is 22.0 Å². The van der Waals surface area contributed by atoms with Crippen LogP contribution < -0.4 is 9.46 Å². The minimum Gasteiger partial charge on any atom is -0.494 e. The van der Waals surface area contributed by atoms with E-state index >= 15 is 0 Å². The smallest absolute Gasteiger partial charge is 0.322 e. The highest BCUT2D eigenvalue weighted by Crippen LogP contribution is 2.18. The van der Waals surface area contributed by atoms with E-state index in [-0.39, 0.29) is 10.8 Å². The molecule has 6 nitrogen and oxygen atoms in total. The Morgan fingerprint density at radius 1 is 1.29 bits per heavy atom. The van der Waals surface area contributed by atoms with E-state index in [0.29, 0.717) is 18.8 Å². The van der Waals surface area contributed by atoms with Crippen LogP contribution in [0.1, 0.15) is 27.2 Å². The molecule has 0 bridgehead atoms. The molecule has 1 aromatic carbocycles. The van der Waals surface area contributed by atoms with E-state index in [1.54, 1.807) is 6.92 Å². The quantitative estimate of drug-likeness (QED) is 0.764. The van der Waals surface area contributed by atoms with Crippen molar-refractivity contribution >= 4 is 16.0 Å². The summed E-state index contributed by atoms with van der Waals surface area (Å²) in [6.45, 7) is 5.82. The third-order valence-corrected chi connectivity index (χ3v) is 4.66. The second kappa shape index (κ2) is 7.42. The number of benzene rings is 1. The maximum absolute atomic E-state index is 12.2. The first-order valence-electron chi connectivity index (χ1n) is 6.79. The molecule has 0 aliphatic carbocycles. The standard InChI is InChI=1S/C14H21NO5S/c1-4-10(3)13(14(16)17)15-21(18,19)12-8-6-11(7-9-12)20-5-2/h6-10,13,15H,4-5H2,1-3H3,(H,16,17)/t10?,13-/m0/s1. The van der Waals surface area contributed by atoms with E-state index in [4.69, 9.17) is 9.84 Å². The summed E-state index contributed by atoms with van der Waals surface area (Å²) in [4.78, 5) is 11.2. The van der Waals surface area contributed by atoms with Crippen LogP contribution in [0.25, 0.3) is 0 Å². The molecule has 0 saturated heterocycles. The fraction of sp³-hybridized carbons (Fsp3) is 0.500. The number of carboxylic acids is 1. The first-order valence-corrected chi connectivity index (χ1v) is 8.28. The van der Waals surface area contributed by atoms with Crippen molar-refractivity contribution in [3.8, 4) is 5.75 Å². The van der Waals surface area contributed by atoms with Crippen LogP contribution in [0.5, 0.6) is 5.75 Å². The number of aliphatic carboxylic acids is 1. The van der Waals surface area contributed by atoms with Gasteiger partial charge >= 0.3 is 5.97 Å². The zero-order chi connectivity index (χ0) is 16.0. The molecule has 1 unspecified atom stereocenters. The number of carboxylic acid groups (broad SMARTS) is 1. The first kappa shape index (κ1) is 17.5. The Kier molecular flexibility index (Phi) is 6.17. The van der Waals surface area contributed by atoms with E-state index in [2.05, 4.69) is 4.72 Å². The summed E-state index contributed by atoms with van der Waals surface area (Å²) in [6, 6.07) is 4.71. The van der Waals surface area contributed by atoms with Gasteiger partial charge in [-0.15, -0.1) is 0 Å². The van der Waals surface area contributed by atoms with Gasteiger partial charge in [0.2, 0.25) is 10.0 Å². The normalized spacial score (nSPS) is 14.4. The lowest BCUT2D eigenvalue weighted by atomic mass is 10.0. The molecule has 1 aromatic rings. The topological polar surface area (TPSA) is 92.7 Å². The molecular weight excluding hydrogens is 294 g/mol. The van der Waals surface area contributed by atoms with Crippen molar-refractivity contribution in [1.82, 2.24) is 4.72 Å². The molecule has 21 heavy (non-hydrogen) atoms. The van der Waals surface area contributed by atoms with Crippen LogP contribution in [-0.2, 0) is 14.8 Å². The lowest BCUT2D eigenvalue weighted by Crippen LogP contribution is -2.44. The van der Waals surface area contributed by atoms with Crippen molar-refractivity contribution in [3.05, 3.63) is 24.3 Å². The van der Waals surface area contributed by atoms with Gasteiger partial charge < -0.3 is 9.84 Å². The van der Waals surface area contributed by atoms with Gasteiger partial charge in [0.15, 0.2) is 0 Å². The molecule has 0 saturated carbocycles. The SMILES string of the molecule is CCOc1ccc(S(=O)(=O)N[C@H](C(=O)O)C(C)CC)cc1. The molecule has 2 atom stereocenters. The van der Waals surface area contributed by atoms with Crippen molar-refractivity contribution in [2.24, 2.45) is 5.92 Å². The maximum Gasteiger partial charge on any atom is 0.322 e. The van der Waals surface area contributed by atoms with Gasteiger partial charge in [-0.25, -0.2) is 8.42 Å². The fourth-order valence-electron chi connectivity index (χ4n) is 1.76. The van der Waals surface area contributed by atoms with Crippen LogP contribution in [0.15, 0.2) is 29.2 Å². The number of carbonyl (C=O) groups is 1. The van der Waals surface area contributed by atoms with Crippen molar-refractivity contribution in [2.45, 2.75) is 38.1 Å². The van der Waals surface area contributed by atoms with Crippen molar-refractivity contribution in [2.75, 3.05) is 6.61 Å². The number of ether oxygens (including phenoxy) is 1. The average molecular weight is 315 g/mol. The summed E-state index contributed by atoms with van der Waals surface area (Å²) in [5, 5.41) is 9.15. The van der Waals surface area contributed by atoms with Gasteiger partial charge in [0.1, 0.15) is 11.8 Å². The van der Waals surface area contributed by atoms with Crippen LogP contribution in [0.4, 0.5) is 0 Å². The highest BCUT2D eigenvalue weighted by atomic mass is 32.2. The summed E-state index contributed by atoms with van der Waals surface area (Å²) in [5.41, 5.74) is 0. The van der Waals surface area contributed by atoms with Crippen LogP contribution >= 0.6 is 0 Å². The largest absolute Gasteiger partial charge is 0.494 e. The highest BCUT2D eigenvalue weighted by molar-refractivity contribution is 7.89. The van der Waals surface area contributed by atoms with Gasteiger partial charge in [0, 0.05) is 0 Å². The van der Waals surface area contributed by atoms with Gasteiger partial charge in [-0.1, -0.05) is 20.3 Å². The van der Waals surface area contributed by atoms with E-state index in [1.807, 2.05) is 13.8 Å². The Labute approximate surface area is 125 Å². The Balaban J connectivity index is 2.96. The van der Waals surface area contributed by atoms with Gasteiger partial charge in [0.05, 0.1) is 11.5 Å². The third kappa shape index (κ3) is 4.71. The minimum atomic E-state index is -3.88. The van der Waals surface area contributed by atoms with E-state index in [9.17, 15) is 13.2 Å². The molecule has 0 aliphatic heterocycles. The Morgan fingerprint density at radius 2 is 1.86 bits per heavy atom. The molecule has 0 amide bonds. The summed E-state index contributed by atoms with van der Waals surface area (Å²) in [5.74, 6) is -0.924. The average Bonchev–Trinajstić information content (AvgIpc) is 2.44. The zero-order valence-electron chi connectivity index (χ0n) is 12.4. The highest BCUT2D eigenvalue weighted by Gasteiger charge is 2.29. The summed E-state index contributed by atoms with van der Waals surface area (Å²) in [6.07, 6.45) is 0.558. The minimum absolute atomic E-state index is 0.0144. The molecule has 1 rings (SSSR count). The van der Waals surface area contributed by atoms with Crippen LogP contribution in [-0.4, -0.2) is 32.1 Å². The molecule has 2 N–H and O–H groups in total. The monoisotopic (exact) mass is 315 g/mol. The molecule has 0 fully saturated rings. The number of rotatable bonds is 8. The predicted octanol–water partition coefficient (Wildman–Crippen LogP) is 1.86. The molecule has 0 radical (unpaired) electrons.